The Labute approximate surface area is 177 Å². The van der Waals surface area contributed by atoms with Gasteiger partial charge in [-0.2, -0.15) is 0 Å². The van der Waals surface area contributed by atoms with Crippen molar-refractivity contribution in [2.45, 2.75) is 13.8 Å². The van der Waals surface area contributed by atoms with Gasteiger partial charge < -0.3 is 18.8 Å². The summed E-state index contributed by atoms with van der Waals surface area (Å²) in [6.07, 6.45) is 2.40. The molecular weight excluding hydrogens is 442 g/mol. The number of nitrogens with zero attached hydrogens (tertiary/aromatic N) is 2. The van der Waals surface area contributed by atoms with Gasteiger partial charge in [-0.05, 0) is 13.8 Å². The monoisotopic (exact) mass is 474 g/mol. The lowest BCUT2D eigenvalue weighted by Gasteiger charge is -2.14. The highest BCUT2D eigenvalue weighted by Gasteiger charge is 2.25. The highest BCUT2D eigenvalue weighted by atomic mass is 31.2. The minimum atomic E-state index is -3.56. The third kappa shape index (κ3) is 12.8. The van der Waals surface area contributed by atoms with E-state index in [4.69, 9.17) is 9.05 Å². The normalized spacial score (nSPS) is 12.5. The molecule has 0 N–H and O–H groups in total. The molecule has 0 fully saturated rings. The zero-order valence-corrected chi connectivity index (χ0v) is 20.8. The maximum atomic E-state index is 11.5. The molecule has 0 aliphatic rings. The minimum Gasteiger partial charge on any atom is -0.409 e. The lowest BCUT2D eigenvalue weighted by atomic mass is 10.4. The first kappa shape index (κ1) is 30.5. The number of carbonyl (C=O) groups is 2. The minimum absolute atomic E-state index is 0.167. The number of phosphoric acid groups is 2. The van der Waals surface area contributed by atoms with Crippen molar-refractivity contribution in [3.05, 3.63) is 23.7 Å². The Morgan fingerprint density at radius 1 is 0.633 bits per heavy atom. The molecule has 0 unspecified atom stereocenters. The topological polar surface area (TPSA) is 130 Å². The molecule has 0 bridgehead atoms. The van der Waals surface area contributed by atoms with E-state index in [0.717, 1.165) is 0 Å². The Kier molecular flexibility index (Phi) is 14.6. The Bertz CT molecular complexity index is 643. The van der Waals surface area contributed by atoms with Crippen LogP contribution in [-0.2, 0) is 45.9 Å². The summed E-state index contributed by atoms with van der Waals surface area (Å²) in [6, 6.07) is 0. The maximum absolute atomic E-state index is 11.5. The van der Waals surface area contributed by atoms with Gasteiger partial charge in [-0.25, -0.2) is 9.13 Å². The van der Waals surface area contributed by atoms with Gasteiger partial charge in [0, 0.05) is 68.8 Å². The molecule has 2 amide bonds. The van der Waals surface area contributed by atoms with E-state index in [0.29, 0.717) is 0 Å². The van der Waals surface area contributed by atoms with Crippen LogP contribution in [0, 0.1) is 0 Å². The van der Waals surface area contributed by atoms with Gasteiger partial charge in [0.1, 0.15) is 11.5 Å². The number of likely N-dealkylation sites (N-methyl/N-ethyl adjacent to an activating group) is 2. The average molecular weight is 474 g/mol. The SMILES string of the molecule is COP(=O)(OC)O/C(C)=C/C(=O)N(C)C.COP(=O)(OC)O/C(C)=C/C(=O)N(C)C. The van der Waals surface area contributed by atoms with Gasteiger partial charge in [0.05, 0.1) is 0 Å². The molecule has 14 heteroatoms. The number of hydrogen-bond acceptors (Lipinski definition) is 10. The molecule has 0 aromatic rings. The van der Waals surface area contributed by atoms with Gasteiger partial charge in [-0.3, -0.25) is 27.7 Å². The molecule has 12 nitrogen and oxygen atoms in total. The van der Waals surface area contributed by atoms with Crippen molar-refractivity contribution in [1.82, 2.24) is 9.80 Å². The Morgan fingerprint density at radius 2 is 0.867 bits per heavy atom. The highest BCUT2D eigenvalue weighted by molar-refractivity contribution is 7.48. The fraction of sp³-hybridized carbons (Fsp3) is 0.625. The van der Waals surface area contributed by atoms with Crippen LogP contribution in [0.15, 0.2) is 23.7 Å². The Balaban J connectivity index is 0. The molecule has 0 spiro atoms. The predicted molar refractivity (Wildman–Crippen MR) is 110 cm³/mol. The molecule has 0 aliphatic carbocycles. The van der Waals surface area contributed by atoms with E-state index >= 15 is 0 Å². The molecule has 0 heterocycles. The number of carbonyl (C=O) groups excluding carboxylic acids is 2. The van der Waals surface area contributed by atoms with Crippen LogP contribution in [0.5, 0.6) is 0 Å². The number of amides is 2. The number of rotatable bonds is 10. The highest BCUT2D eigenvalue weighted by Crippen LogP contribution is 2.50. The third-order valence-electron chi connectivity index (χ3n) is 2.94. The molecule has 0 aromatic heterocycles. The summed E-state index contributed by atoms with van der Waals surface area (Å²) in [6.45, 7) is 2.98. The lowest BCUT2D eigenvalue weighted by molar-refractivity contribution is -0.124. The van der Waals surface area contributed by atoms with E-state index in [-0.39, 0.29) is 23.3 Å². The van der Waals surface area contributed by atoms with Crippen molar-refractivity contribution >= 4 is 27.5 Å². The second-order valence-corrected chi connectivity index (χ2v) is 9.40. The zero-order valence-electron chi connectivity index (χ0n) is 19.0. The van der Waals surface area contributed by atoms with Gasteiger partial charge >= 0.3 is 15.6 Å². The second kappa shape index (κ2) is 14.3. The molecule has 0 saturated carbocycles. The van der Waals surface area contributed by atoms with Crippen molar-refractivity contribution in [3.8, 4) is 0 Å². The zero-order chi connectivity index (χ0) is 24.1. The summed E-state index contributed by atoms with van der Waals surface area (Å²) < 4.78 is 50.9. The van der Waals surface area contributed by atoms with Gasteiger partial charge in [-0.15, -0.1) is 0 Å². The van der Waals surface area contributed by atoms with Crippen molar-refractivity contribution in [3.63, 3.8) is 0 Å². The number of hydrogen-bond donors (Lipinski definition) is 0. The molecule has 176 valence electrons. The van der Waals surface area contributed by atoms with Gasteiger partial charge in [0.15, 0.2) is 0 Å². The van der Waals surface area contributed by atoms with Gasteiger partial charge in [0.25, 0.3) is 0 Å². The molecule has 30 heavy (non-hydrogen) atoms. The van der Waals surface area contributed by atoms with Crippen LogP contribution >= 0.6 is 15.6 Å². The van der Waals surface area contributed by atoms with Gasteiger partial charge in [0.2, 0.25) is 11.8 Å². The summed E-state index contributed by atoms with van der Waals surface area (Å²) in [7, 11) is 4.06. The fourth-order valence-electron chi connectivity index (χ4n) is 1.31. The van der Waals surface area contributed by atoms with E-state index < -0.39 is 15.6 Å². The maximum Gasteiger partial charge on any atom is 0.529 e. The summed E-state index contributed by atoms with van der Waals surface area (Å²) in [5, 5.41) is 0. The van der Waals surface area contributed by atoms with Crippen molar-refractivity contribution < 1.29 is 45.9 Å². The van der Waals surface area contributed by atoms with Crippen LogP contribution in [0.3, 0.4) is 0 Å². The second-order valence-electron chi connectivity index (χ2n) is 5.78. The van der Waals surface area contributed by atoms with Crippen LogP contribution in [0.25, 0.3) is 0 Å². The summed E-state index contributed by atoms with van der Waals surface area (Å²) in [5.74, 6) is -0.209. The smallest absolute Gasteiger partial charge is 0.409 e. The summed E-state index contributed by atoms with van der Waals surface area (Å²) in [4.78, 5) is 25.1. The quantitative estimate of drug-likeness (QED) is 0.265. The van der Waals surface area contributed by atoms with Crippen LogP contribution in [0.2, 0.25) is 0 Å². The first-order valence-electron chi connectivity index (χ1n) is 8.30. The largest absolute Gasteiger partial charge is 0.529 e. The molecule has 0 aliphatic heterocycles. The van der Waals surface area contributed by atoms with E-state index in [9.17, 15) is 18.7 Å². The lowest BCUT2D eigenvalue weighted by Crippen LogP contribution is -2.19. The molecule has 0 aromatic carbocycles. The predicted octanol–water partition coefficient (Wildman–Crippen LogP) is 2.79. The van der Waals surface area contributed by atoms with E-state index in [1.54, 1.807) is 28.2 Å². The van der Waals surface area contributed by atoms with Crippen LogP contribution < -0.4 is 0 Å². The van der Waals surface area contributed by atoms with Crippen molar-refractivity contribution in [2.24, 2.45) is 0 Å². The number of allylic oxidation sites excluding steroid dienone is 2. The van der Waals surface area contributed by atoms with Crippen LogP contribution in [-0.4, -0.2) is 78.2 Å². The van der Waals surface area contributed by atoms with Crippen molar-refractivity contribution in [2.75, 3.05) is 56.6 Å². The first-order chi connectivity index (χ1) is 13.7. The fourth-order valence-corrected chi connectivity index (χ4v) is 2.72. The van der Waals surface area contributed by atoms with Gasteiger partial charge in [-0.1, -0.05) is 0 Å². The van der Waals surface area contributed by atoms with Crippen molar-refractivity contribution in [1.29, 1.82) is 0 Å². The number of phosphoric ester groups is 2. The summed E-state index contributed by atoms with van der Waals surface area (Å²) >= 11 is 0. The molecule has 0 rings (SSSR count). The Morgan fingerprint density at radius 3 is 1.03 bits per heavy atom. The molecule has 0 radical (unpaired) electrons. The van der Waals surface area contributed by atoms with E-state index in [1.165, 1.54) is 64.2 Å². The average Bonchev–Trinajstić information content (AvgIpc) is 2.67. The first-order valence-corrected chi connectivity index (χ1v) is 11.2. The van der Waals surface area contributed by atoms with Crippen LogP contribution in [0.4, 0.5) is 0 Å². The van der Waals surface area contributed by atoms with E-state index in [1.807, 2.05) is 0 Å². The standard InChI is InChI=1S/2C8H16NO5P/c2*1-7(6-8(10)9(2)3)14-15(11,12-4)13-5/h2*6H,1-5H3/b2*7-6+. The van der Waals surface area contributed by atoms with Crippen LogP contribution in [0.1, 0.15) is 13.8 Å². The molecular formula is C16H32N2O10P2. The van der Waals surface area contributed by atoms with E-state index in [2.05, 4.69) is 18.1 Å². The Hall–Kier alpha value is -1.68. The summed E-state index contributed by atoms with van der Waals surface area (Å²) in [5.41, 5.74) is 0. The third-order valence-corrected chi connectivity index (χ3v) is 5.75. The molecule has 0 atom stereocenters. The molecule has 0 saturated heterocycles.